The molecule has 0 aromatic heterocycles. The lowest BCUT2D eigenvalue weighted by atomic mass is 10.1. The molecular formula is C18H17N5O2. The predicted molar refractivity (Wildman–Crippen MR) is 98.8 cm³/mol. The summed E-state index contributed by atoms with van der Waals surface area (Å²) in [7, 11) is 0. The van der Waals surface area contributed by atoms with E-state index in [-0.39, 0.29) is 5.69 Å². The van der Waals surface area contributed by atoms with E-state index in [1.54, 1.807) is 12.1 Å². The second kappa shape index (κ2) is 7.50. The first-order valence-electron chi connectivity index (χ1n) is 7.81. The average Bonchev–Trinajstić information content (AvgIpc) is 2.65. The van der Waals surface area contributed by atoms with Crippen molar-refractivity contribution in [3.8, 4) is 0 Å². The molecule has 0 radical (unpaired) electrons. The van der Waals surface area contributed by atoms with Crippen molar-refractivity contribution in [1.82, 2.24) is 0 Å². The second-order valence-corrected chi connectivity index (χ2v) is 5.37. The van der Waals surface area contributed by atoms with Crippen molar-refractivity contribution >= 4 is 33.5 Å². The van der Waals surface area contributed by atoms with Crippen LogP contribution in [0.15, 0.2) is 70.9 Å². The maximum absolute atomic E-state index is 10.7. The Morgan fingerprint density at radius 1 is 0.960 bits per heavy atom. The normalized spacial score (nSPS) is 11.1. The maximum atomic E-state index is 10.7. The van der Waals surface area contributed by atoms with Gasteiger partial charge in [-0.25, -0.2) is 0 Å². The Morgan fingerprint density at radius 3 is 2.36 bits per heavy atom. The van der Waals surface area contributed by atoms with E-state index >= 15 is 0 Å². The van der Waals surface area contributed by atoms with Gasteiger partial charge in [0.25, 0.3) is 5.69 Å². The van der Waals surface area contributed by atoms with Crippen molar-refractivity contribution in [2.75, 3.05) is 18.4 Å². The summed E-state index contributed by atoms with van der Waals surface area (Å²) in [5.74, 6) is 0. The summed E-state index contributed by atoms with van der Waals surface area (Å²) in [6.45, 7) is 1.24. The van der Waals surface area contributed by atoms with Crippen LogP contribution >= 0.6 is 0 Å². The lowest BCUT2D eigenvalue weighted by molar-refractivity contribution is -0.384. The van der Waals surface area contributed by atoms with E-state index in [0.717, 1.165) is 22.1 Å². The fourth-order valence-corrected chi connectivity index (χ4v) is 2.48. The summed E-state index contributed by atoms with van der Waals surface area (Å²) in [5, 5.41) is 24.5. The summed E-state index contributed by atoms with van der Waals surface area (Å²) in [4.78, 5) is 10.2. The SMILES string of the molecule is NCCNc1ccc(N=Nc2ccc([N+](=O)[O-])cc2)c2ccccc12. The highest BCUT2D eigenvalue weighted by atomic mass is 16.6. The van der Waals surface area contributed by atoms with Crippen LogP contribution in [-0.4, -0.2) is 18.0 Å². The summed E-state index contributed by atoms with van der Waals surface area (Å²) in [6.07, 6.45) is 0. The molecule has 3 aromatic rings. The fraction of sp³-hybridized carbons (Fsp3) is 0.111. The molecule has 0 saturated heterocycles. The molecule has 0 fully saturated rings. The Hall–Kier alpha value is -3.32. The molecule has 0 aliphatic rings. The Labute approximate surface area is 144 Å². The number of nitrogens with two attached hydrogens (primary N) is 1. The van der Waals surface area contributed by atoms with Crippen molar-refractivity contribution in [3.63, 3.8) is 0 Å². The van der Waals surface area contributed by atoms with Crippen molar-refractivity contribution < 1.29 is 4.92 Å². The first-order chi connectivity index (χ1) is 12.2. The minimum absolute atomic E-state index is 0.0275. The molecule has 126 valence electrons. The molecule has 0 saturated carbocycles. The average molecular weight is 335 g/mol. The van der Waals surface area contributed by atoms with Crippen LogP contribution in [0.2, 0.25) is 0 Å². The topological polar surface area (TPSA) is 106 Å². The van der Waals surface area contributed by atoms with E-state index in [9.17, 15) is 10.1 Å². The summed E-state index contributed by atoms with van der Waals surface area (Å²) in [5.41, 5.74) is 7.86. The van der Waals surface area contributed by atoms with E-state index in [1.807, 2.05) is 36.4 Å². The standard InChI is InChI=1S/C18H17N5O2/c19-11-12-20-17-9-10-18(16-4-2-1-3-15(16)17)22-21-13-5-7-14(8-6-13)23(24)25/h1-10,20H,11-12,19H2. The highest BCUT2D eigenvalue weighted by Crippen LogP contribution is 2.32. The molecule has 7 heteroatoms. The third-order valence-electron chi connectivity index (χ3n) is 3.69. The van der Waals surface area contributed by atoms with E-state index < -0.39 is 4.92 Å². The minimum atomic E-state index is -0.443. The zero-order chi connectivity index (χ0) is 17.6. The first kappa shape index (κ1) is 16.5. The van der Waals surface area contributed by atoms with Crippen LogP contribution < -0.4 is 11.1 Å². The van der Waals surface area contributed by atoms with Gasteiger partial charge >= 0.3 is 0 Å². The van der Waals surface area contributed by atoms with Gasteiger partial charge in [-0.1, -0.05) is 24.3 Å². The maximum Gasteiger partial charge on any atom is 0.269 e. The van der Waals surface area contributed by atoms with Crippen LogP contribution in [0.3, 0.4) is 0 Å². The molecular weight excluding hydrogens is 318 g/mol. The van der Waals surface area contributed by atoms with Gasteiger partial charge in [-0.05, 0) is 24.3 Å². The number of non-ortho nitro benzene ring substituents is 1. The second-order valence-electron chi connectivity index (χ2n) is 5.37. The largest absolute Gasteiger partial charge is 0.383 e. The Balaban J connectivity index is 1.92. The minimum Gasteiger partial charge on any atom is -0.383 e. The molecule has 0 unspecified atom stereocenters. The van der Waals surface area contributed by atoms with Gasteiger partial charge < -0.3 is 11.1 Å². The van der Waals surface area contributed by atoms with Gasteiger partial charge in [0, 0.05) is 41.7 Å². The third kappa shape index (κ3) is 3.78. The molecule has 3 N–H and O–H groups in total. The van der Waals surface area contributed by atoms with Crippen molar-refractivity contribution in [1.29, 1.82) is 0 Å². The summed E-state index contributed by atoms with van der Waals surface area (Å²) < 4.78 is 0. The predicted octanol–water partition coefficient (Wildman–Crippen LogP) is 4.53. The van der Waals surface area contributed by atoms with Crippen molar-refractivity contribution in [3.05, 3.63) is 70.8 Å². The van der Waals surface area contributed by atoms with Crippen molar-refractivity contribution in [2.45, 2.75) is 0 Å². The molecule has 25 heavy (non-hydrogen) atoms. The summed E-state index contributed by atoms with van der Waals surface area (Å²) >= 11 is 0. The number of nitro benzene ring substituents is 1. The number of azo groups is 1. The number of nitro groups is 1. The summed E-state index contributed by atoms with van der Waals surface area (Å²) in [6, 6.07) is 17.7. The van der Waals surface area contributed by atoms with E-state index in [1.165, 1.54) is 12.1 Å². The molecule has 0 aliphatic carbocycles. The van der Waals surface area contributed by atoms with Gasteiger partial charge in [0.2, 0.25) is 0 Å². The molecule has 0 amide bonds. The zero-order valence-electron chi connectivity index (χ0n) is 13.4. The Kier molecular flexibility index (Phi) is 4.96. The molecule has 3 aromatic carbocycles. The highest BCUT2D eigenvalue weighted by Gasteiger charge is 2.06. The van der Waals surface area contributed by atoms with Gasteiger partial charge in [-0.15, -0.1) is 5.11 Å². The third-order valence-corrected chi connectivity index (χ3v) is 3.69. The quantitative estimate of drug-likeness (QED) is 0.392. The number of rotatable bonds is 6. The Bertz CT molecular complexity index is 922. The molecule has 7 nitrogen and oxygen atoms in total. The number of fused-ring (bicyclic) bond motifs is 1. The molecule has 3 rings (SSSR count). The molecule has 0 spiro atoms. The number of anilines is 1. The zero-order valence-corrected chi connectivity index (χ0v) is 13.4. The molecule has 0 bridgehead atoms. The van der Waals surface area contributed by atoms with Crippen LogP contribution in [0.4, 0.5) is 22.7 Å². The van der Waals surface area contributed by atoms with Crippen LogP contribution in [0.1, 0.15) is 0 Å². The van der Waals surface area contributed by atoms with E-state index in [2.05, 4.69) is 15.5 Å². The van der Waals surface area contributed by atoms with Crippen LogP contribution in [0, 0.1) is 10.1 Å². The first-order valence-corrected chi connectivity index (χ1v) is 7.81. The Morgan fingerprint density at radius 2 is 1.68 bits per heavy atom. The van der Waals surface area contributed by atoms with Crippen LogP contribution in [0.25, 0.3) is 10.8 Å². The molecule has 0 heterocycles. The highest BCUT2D eigenvalue weighted by molar-refractivity contribution is 6.00. The number of benzene rings is 3. The van der Waals surface area contributed by atoms with Gasteiger partial charge in [0.1, 0.15) is 0 Å². The monoisotopic (exact) mass is 335 g/mol. The van der Waals surface area contributed by atoms with Crippen LogP contribution in [0.5, 0.6) is 0 Å². The number of hydrogen-bond donors (Lipinski definition) is 2. The number of hydrogen-bond acceptors (Lipinski definition) is 6. The van der Waals surface area contributed by atoms with Gasteiger partial charge in [-0.3, -0.25) is 10.1 Å². The number of nitrogens with zero attached hydrogens (tertiary/aromatic N) is 3. The smallest absolute Gasteiger partial charge is 0.269 e. The van der Waals surface area contributed by atoms with Crippen LogP contribution in [-0.2, 0) is 0 Å². The van der Waals surface area contributed by atoms with E-state index in [4.69, 9.17) is 5.73 Å². The van der Waals surface area contributed by atoms with Gasteiger partial charge in [0.15, 0.2) is 0 Å². The lowest BCUT2D eigenvalue weighted by Crippen LogP contribution is -2.13. The number of nitrogens with one attached hydrogen (secondary N) is 1. The molecule has 0 atom stereocenters. The van der Waals surface area contributed by atoms with E-state index in [0.29, 0.717) is 18.8 Å². The van der Waals surface area contributed by atoms with Gasteiger partial charge in [0.05, 0.1) is 16.3 Å². The molecule has 0 aliphatic heterocycles. The lowest BCUT2D eigenvalue weighted by Gasteiger charge is -2.10. The fourth-order valence-electron chi connectivity index (χ4n) is 2.48. The van der Waals surface area contributed by atoms with Gasteiger partial charge in [-0.2, -0.15) is 5.11 Å². The van der Waals surface area contributed by atoms with Crippen molar-refractivity contribution in [2.24, 2.45) is 16.0 Å².